The zero-order valence-electron chi connectivity index (χ0n) is 57.1. The molecule has 0 N–H and O–H groups in total. The van der Waals surface area contributed by atoms with Gasteiger partial charge in [0, 0.05) is 134 Å². The van der Waals surface area contributed by atoms with E-state index in [0.29, 0.717) is 104 Å². The van der Waals surface area contributed by atoms with E-state index < -0.39 is 31.0 Å². The molecule has 3 aliphatic rings. The van der Waals surface area contributed by atoms with E-state index in [2.05, 4.69) is 110 Å². The summed E-state index contributed by atoms with van der Waals surface area (Å²) in [5, 5.41) is 39.7. The van der Waals surface area contributed by atoms with Crippen LogP contribution in [-0.4, -0.2) is 56.0 Å². The molecule has 0 fully saturated rings. The Hall–Kier alpha value is -10.3. The van der Waals surface area contributed by atoms with Crippen LogP contribution in [0.4, 0.5) is 17.1 Å². The lowest BCUT2D eigenvalue weighted by atomic mass is 9.80. The maximum absolute atomic E-state index is 13.3. The summed E-state index contributed by atoms with van der Waals surface area (Å²) < 4.78 is 41.0. The van der Waals surface area contributed by atoms with Crippen molar-refractivity contribution in [3.8, 4) is 34.5 Å². The largest absolute Gasteiger partial charge is 0.496 e. The van der Waals surface area contributed by atoms with Crippen LogP contribution in [0.25, 0.3) is 0 Å². The van der Waals surface area contributed by atoms with Gasteiger partial charge in [0.05, 0.1) is 64.6 Å². The van der Waals surface area contributed by atoms with Gasteiger partial charge in [0.15, 0.2) is 0 Å². The van der Waals surface area contributed by atoms with E-state index in [9.17, 15) is 30.3 Å². The zero-order valence-corrected chi connectivity index (χ0v) is 57.1. The van der Waals surface area contributed by atoms with Crippen molar-refractivity contribution in [1.29, 1.82) is 0 Å². The van der Waals surface area contributed by atoms with E-state index in [1.807, 2.05) is 48.7 Å². The van der Waals surface area contributed by atoms with Crippen molar-refractivity contribution < 1.29 is 43.2 Å². The highest BCUT2D eigenvalue weighted by Gasteiger charge is 2.32. The number of hydrogen-bond donors (Lipinski definition) is 0. The smallest absolute Gasteiger partial charge is 0.270 e. The first-order valence-electron chi connectivity index (χ1n) is 32.6. The highest BCUT2D eigenvalue weighted by molar-refractivity contribution is 5.63. The predicted molar refractivity (Wildman–Crippen MR) is 370 cm³/mol. The summed E-state index contributed by atoms with van der Waals surface area (Å²) in [6.45, 7) is 21.1. The van der Waals surface area contributed by atoms with E-state index in [1.54, 1.807) is 0 Å². The maximum atomic E-state index is 13.3. The number of nitrogens with zero attached hydrogens (tertiary/aromatic N) is 7. The summed E-state index contributed by atoms with van der Waals surface area (Å²) >= 11 is 0. The normalized spacial score (nSPS) is 14.4. The molecule has 19 nitrogen and oxygen atoms in total. The molecule has 22 bridgehead atoms. The summed E-state index contributed by atoms with van der Waals surface area (Å²) in [6.07, 6.45) is 2.29. The van der Waals surface area contributed by atoms with Gasteiger partial charge in [-0.15, -0.1) is 0 Å². The van der Waals surface area contributed by atoms with Gasteiger partial charge in [0.25, 0.3) is 17.1 Å². The first kappa shape index (κ1) is 66.7. The second-order valence-electron chi connectivity index (χ2n) is 28.8. The second kappa shape index (κ2) is 26.7. The van der Waals surface area contributed by atoms with Gasteiger partial charge in [-0.2, -0.15) is 0 Å². The molecule has 97 heavy (non-hydrogen) atoms. The maximum Gasteiger partial charge on any atom is 0.270 e. The number of pyridine rings is 3. The van der Waals surface area contributed by atoms with Crippen LogP contribution in [0.2, 0.25) is 0 Å². The molecule has 3 aromatic heterocycles. The van der Waals surface area contributed by atoms with Crippen LogP contribution >= 0.6 is 0 Å². The van der Waals surface area contributed by atoms with Crippen LogP contribution in [0.15, 0.2) is 128 Å². The third-order valence-corrected chi connectivity index (χ3v) is 18.4. The molecule has 12 rings (SSSR count). The van der Waals surface area contributed by atoms with Crippen molar-refractivity contribution in [2.75, 3.05) is 21.3 Å². The van der Waals surface area contributed by atoms with Crippen LogP contribution in [-0.2, 0) is 94.2 Å². The molecule has 0 amide bonds. The second-order valence-corrected chi connectivity index (χ2v) is 28.8. The Morgan fingerprint density at radius 1 is 0.381 bits per heavy atom. The summed E-state index contributed by atoms with van der Waals surface area (Å²) in [5.41, 5.74) is 12.7. The van der Waals surface area contributed by atoms with Crippen molar-refractivity contribution in [2.45, 2.75) is 157 Å². The van der Waals surface area contributed by atoms with Gasteiger partial charge in [0.2, 0.25) is 0 Å². The molecule has 6 aromatic carbocycles. The fourth-order valence-electron chi connectivity index (χ4n) is 13.7. The average Bonchev–Trinajstić information content (AvgIpc) is 0.784. The van der Waals surface area contributed by atoms with Crippen LogP contribution in [0.1, 0.15) is 180 Å². The van der Waals surface area contributed by atoms with Gasteiger partial charge in [-0.05, 0) is 108 Å². The Bertz CT molecular complexity index is 4360. The minimum Gasteiger partial charge on any atom is -0.496 e. The summed E-state index contributed by atoms with van der Waals surface area (Å²) in [4.78, 5) is 56.1. The van der Waals surface area contributed by atoms with Crippen molar-refractivity contribution in [2.24, 2.45) is 0 Å². The fourth-order valence-corrected chi connectivity index (χ4v) is 13.7. The Morgan fingerprint density at radius 3 is 0.969 bits per heavy atom. The number of nitro groups is 3. The summed E-state index contributed by atoms with van der Waals surface area (Å²) in [7, 11) is 4.44. The van der Waals surface area contributed by atoms with Crippen molar-refractivity contribution in [3.63, 3.8) is 0 Å². The SMILES string of the molecule is COc1c2cc([N+](=O)[O-])cc1Cc1cc([N+](=O)[O-])cc(c1OC)Cc1cc(C(C)(C)C)cc3c1OCc1cccc(n1)CN1Cc4ccnc(c4)COc4c(cc(C(C)(C)C)cc4C3)Cc3cc(C(C)(C)C)cc(c3OCc3cccc(n3)C1)Cc1cc([N+](=O)[O-])cc(c1OC)C2. The van der Waals surface area contributed by atoms with Gasteiger partial charge < -0.3 is 28.4 Å². The monoisotopic (exact) mass is 1310 g/mol. The Labute approximate surface area is 565 Å². The van der Waals surface area contributed by atoms with E-state index in [1.165, 1.54) is 57.7 Å². The van der Waals surface area contributed by atoms with E-state index >= 15 is 0 Å². The first-order chi connectivity index (χ1) is 46.2. The molecule has 9 aromatic rings. The number of ether oxygens (including phenoxy) is 6. The first-order valence-corrected chi connectivity index (χ1v) is 32.6. The molecule has 5 heterocycles. The molecule has 2 aliphatic heterocycles. The molecular formula is C78H81N7O12. The van der Waals surface area contributed by atoms with Crippen LogP contribution in [0.5, 0.6) is 34.5 Å². The lowest BCUT2D eigenvalue weighted by Crippen LogP contribution is -2.24. The highest BCUT2D eigenvalue weighted by atomic mass is 16.6. The zero-order chi connectivity index (χ0) is 68.8. The van der Waals surface area contributed by atoms with Gasteiger partial charge >= 0.3 is 0 Å². The third kappa shape index (κ3) is 14.6. The Morgan fingerprint density at radius 2 is 0.670 bits per heavy atom. The lowest BCUT2D eigenvalue weighted by Gasteiger charge is -2.28. The van der Waals surface area contributed by atoms with Crippen LogP contribution in [0, 0.1) is 30.3 Å². The number of fused-ring (bicyclic) bond motifs is 12. The number of benzene rings is 6. The number of hydrogen-bond acceptors (Lipinski definition) is 16. The number of rotatable bonds is 6. The number of nitro benzene ring substituents is 3. The van der Waals surface area contributed by atoms with Gasteiger partial charge in [-0.25, -0.2) is 0 Å². The van der Waals surface area contributed by atoms with Crippen molar-refractivity contribution in [3.05, 3.63) is 275 Å². The molecule has 0 atom stereocenters. The van der Waals surface area contributed by atoms with Crippen molar-refractivity contribution in [1.82, 2.24) is 19.9 Å². The molecule has 0 radical (unpaired) electrons. The molecule has 0 saturated heterocycles. The number of non-ortho nitro benzene ring substituents is 3. The number of aromatic nitrogens is 3. The Kier molecular flexibility index (Phi) is 18.4. The van der Waals surface area contributed by atoms with E-state index in [4.69, 9.17) is 43.4 Å². The van der Waals surface area contributed by atoms with Crippen LogP contribution < -0.4 is 28.4 Å². The van der Waals surface area contributed by atoms with Crippen molar-refractivity contribution >= 4 is 17.1 Å². The highest BCUT2D eigenvalue weighted by Crippen LogP contribution is 2.46. The quantitative estimate of drug-likeness (QED) is 0.111. The van der Waals surface area contributed by atoms with Crippen LogP contribution in [0.3, 0.4) is 0 Å². The molecule has 0 unspecified atom stereocenters. The molecular weight excluding hydrogens is 1230 g/mol. The minimum absolute atomic E-state index is 0.0565. The van der Waals surface area contributed by atoms with Gasteiger partial charge in [-0.3, -0.25) is 50.2 Å². The topological polar surface area (TPSA) is 227 Å². The molecule has 1 aliphatic carbocycles. The lowest BCUT2D eigenvalue weighted by molar-refractivity contribution is -0.385. The third-order valence-electron chi connectivity index (χ3n) is 18.4. The number of methoxy groups -OCH3 is 3. The summed E-state index contributed by atoms with van der Waals surface area (Å²) in [6, 6.07) is 37.8. The minimum atomic E-state index is -0.518. The summed E-state index contributed by atoms with van der Waals surface area (Å²) in [5.74, 6) is 2.59. The molecule has 0 spiro atoms. The predicted octanol–water partition coefficient (Wildman–Crippen LogP) is 15.9. The van der Waals surface area contributed by atoms with E-state index in [0.717, 1.165) is 61.6 Å². The standard InChI is InChI=1S/C78H81N7O12/c1-76(2,3)59-30-49-22-47-28-60(77(4,5)6)32-51-24-53-34-67(83(86)87)36-55(70(53)92-10)26-57-38-69(85(90)91)39-58(72(57)94-12)27-56-37-68(84(88)89)35-54(71(56)93-11)25-52-33-61(78(7,8)9)29-48-23-50(31-59)75(49)97-45-66-21-46(19-20-79-66)40-82(41-62-15-13-17-64(80-62)43-95-73(47)51)42-63-16-14-18-65(81-63)44-96-74(48)52/h13-21,28-39H,22-27,40-45H2,1-12H3. The van der Waals surface area contributed by atoms with Gasteiger partial charge in [-0.1, -0.05) is 111 Å². The van der Waals surface area contributed by atoms with E-state index in [-0.39, 0.29) is 81.2 Å². The fraction of sp³-hybridized carbons (Fsp3) is 0.346. The molecule has 500 valence electrons. The average molecular weight is 1310 g/mol. The molecule has 19 heteroatoms. The van der Waals surface area contributed by atoms with Gasteiger partial charge in [0.1, 0.15) is 54.3 Å². The molecule has 0 saturated carbocycles. The Balaban J connectivity index is 1.23.